The first-order valence-corrected chi connectivity index (χ1v) is 5.21. The lowest BCUT2D eigenvalue weighted by Crippen LogP contribution is -2.16. The zero-order chi connectivity index (χ0) is 12.4. The average molecular weight is 225 g/mol. The summed E-state index contributed by atoms with van der Waals surface area (Å²) in [7, 11) is 7.43. The van der Waals surface area contributed by atoms with Gasteiger partial charge in [0.15, 0.2) is 0 Å². The molecule has 1 amide bonds. The van der Waals surface area contributed by atoms with Gasteiger partial charge in [-0.25, -0.2) is 4.98 Å². The summed E-state index contributed by atoms with van der Waals surface area (Å²) in [5.41, 5.74) is 2.88. The lowest BCUT2D eigenvalue weighted by Gasteiger charge is -2.09. The van der Waals surface area contributed by atoms with Gasteiger partial charge < -0.3 is 9.88 Å². The molecule has 1 aromatic carbocycles. The number of aryl methyl sites for hydroxylation is 2. The zero-order valence-corrected chi connectivity index (χ0v) is 9.77. The van der Waals surface area contributed by atoms with Crippen molar-refractivity contribution in [1.82, 2.24) is 9.55 Å². The Morgan fingerprint density at radius 1 is 1.47 bits per heavy atom. The molecule has 2 rings (SSSR count). The summed E-state index contributed by atoms with van der Waals surface area (Å²) < 4.78 is 1.67. The van der Waals surface area contributed by atoms with Crippen molar-refractivity contribution in [3.05, 3.63) is 42.0 Å². The molecule has 4 nitrogen and oxygen atoms in total. The van der Waals surface area contributed by atoms with Crippen LogP contribution in [0.4, 0.5) is 5.69 Å². The van der Waals surface area contributed by atoms with E-state index in [1.54, 1.807) is 30.1 Å². The minimum atomic E-state index is -0.183. The molecule has 0 unspecified atom stereocenters. The Morgan fingerprint density at radius 3 is 2.82 bits per heavy atom. The lowest BCUT2D eigenvalue weighted by atomic mass is 9.94. The van der Waals surface area contributed by atoms with E-state index in [1.807, 2.05) is 13.0 Å². The van der Waals surface area contributed by atoms with Crippen molar-refractivity contribution in [1.29, 1.82) is 0 Å². The number of carbonyl (C=O) groups excluding carboxylic acids is 1. The number of benzene rings is 1. The average Bonchev–Trinajstić information content (AvgIpc) is 2.68. The van der Waals surface area contributed by atoms with Crippen LogP contribution in [0.25, 0.3) is 0 Å². The fraction of sp³-hybridized carbons (Fsp3) is 0.167. The number of hydrogen-bond acceptors (Lipinski definition) is 2. The van der Waals surface area contributed by atoms with E-state index in [0.717, 1.165) is 11.3 Å². The van der Waals surface area contributed by atoms with Crippen molar-refractivity contribution in [2.45, 2.75) is 6.92 Å². The maximum absolute atomic E-state index is 11.9. The predicted molar refractivity (Wildman–Crippen MR) is 67.7 cm³/mol. The molecule has 0 aliphatic heterocycles. The smallest absolute Gasteiger partial charge is 0.273 e. The van der Waals surface area contributed by atoms with E-state index >= 15 is 0 Å². The second kappa shape index (κ2) is 4.45. The number of rotatable bonds is 2. The van der Waals surface area contributed by atoms with E-state index in [-0.39, 0.29) is 5.91 Å². The van der Waals surface area contributed by atoms with Crippen LogP contribution in [-0.2, 0) is 7.05 Å². The number of hydrogen-bond donors (Lipinski definition) is 1. The molecule has 0 fully saturated rings. The standard InChI is InChI=1S/C12H12BN3O/c1-8-5-9(13)3-4-10(8)15-12(17)11-6-14-7-16(11)2/h3-7H,1-2H3,(H,15,17). The van der Waals surface area contributed by atoms with Gasteiger partial charge in [-0.15, -0.1) is 0 Å². The Labute approximate surface area is 101 Å². The van der Waals surface area contributed by atoms with Gasteiger partial charge in [-0.1, -0.05) is 17.6 Å². The highest BCUT2D eigenvalue weighted by molar-refractivity contribution is 6.32. The first-order valence-electron chi connectivity index (χ1n) is 5.21. The number of imidazole rings is 1. The van der Waals surface area contributed by atoms with Gasteiger partial charge in [-0.2, -0.15) is 0 Å². The molecular formula is C12H12BN3O. The largest absolute Gasteiger partial charge is 0.330 e. The highest BCUT2D eigenvalue weighted by Crippen LogP contribution is 2.13. The van der Waals surface area contributed by atoms with Crippen LogP contribution in [0.5, 0.6) is 0 Å². The number of anilines is 1. The van der Waals surface area contributed by atoms with Crippen molar-refractivity contribution in [2.24, 2.45) is 7.05 Å². The fourth-order valence-corrected chi connectivity index (χ4v) is 1.59. The van der Waals surface area contributed by atoms with Gasteiger partial charge >= 0.3 is 0 Å². The van der Waals surface area contributed by atoms with Gasteiger partial charge in [0.25, 0.3) is 5.91 Å². The summed E-state index contributed by atoms with van der Waals surface area (Å²) >= 11 is 0. The van der Waals surface area contributed by atoms with Gasteiger partial charge in [0.1, 0.15) is 13.5 Å². The highest BCUT2D eigenvalue weighted by Gasteiger charge is 2.10. The topological polar surface area (TPSA) is 46.9 Å². The van der Waals surface area contributed by atoms with Gasteiger partial charge in [-0.05, 0) is 18.6 Å². The number of amides is 1. The quantitative estimate of drug-likeness (QED) is 0.767. The Balaban J connectivity index is 2.22. The van der Waals surface area contributed by atoms with Crippen molar-refractivity contribution in [3.8, 4) is 0 Å². The third kappa shape index (κ3) is 2.38. The molecule has 2 radical (unpaired) electrons. The summed E-state index contributed by atoms with van der Waals surface area (Å²) in [6.45, 7) is 1.90. The minimum Gasteiger partial charge on any atom is -0.330 e. The first-order chi connectivity index (χ1) is 8.08. The number of aromatic nitrogens is 2. The van der Waals surface area contributed by atoms with Gasteiger partial charge in [-0.3, -0.25) is 4.79 Å². The molecule has 84 valence electrons. The molecule has 0 spiro atoms. The molecule has 17 heavy (non-hydrogen) atoms. The van der Waals surface area contributed by atoms with Crippen LogP contribution < -0.4 is 10.8 Å². The summed E-state index contributed by atoms with van der Waals surface area (Å²) in [6.07, 6.45) is 3.12. The van der Waals surface area contributed by atoms with Crippen molar-refractivity contribution in [2.75, 3.05) is 5.32 Å². The minimum absolute atomic E-state index is 0.183. The van der Waals surface area contributed by atoms with Gasteiger partial charge in [0.05, 0.1) is 12.5 Å². The van der Waals surface area contributed by atoms with Crippen LogP contribution in [-0.4, -0.2) is 23.3 Å². The first kappa shape index (κ1) is 11.5. The second-order valence-electron chi connectivity index (χ2n) is 3.92. The highest BCUT2D eigenvalue weighted by atomic mass is 16.2. The van der Waals surface area contributed by atoms with Crippen LogP contribution in [0.15, 0.2) is 30.7 Å². The van der Waals surface area contributed by atoms with Gasteiger partial charge in [0.2, 0.25) is 0 Å². The Hall–Kier alpha value is -2.04. The van der Waals surface area contributed by atoms with Crippen LogP contribution in [0.3, 0.4) is 0 Å². The third-order valence-electron chi connectivity index (χ3n) is 2.55. The van der Waals surface area contributed by atoms with E-state index in [2.05, 4.69) is 10.3 Å². The normalized spacial score (nSPS) is 10.2. The summed E-state index contributed by atoms with van der Waals surface area (Å²) in [5, 5.41) is 2.83. The number of nitrogens with one attached hydrogen (secondary N) is 1. The maximum Gasteiger partial charge on any atom is 0.273 e. The van der Waals surface area contributed by atoms with Crippen molar-refractivity contribution < 1.29 is 4.79 Å². The number of nitrogens with zero attached hydrogens (tertiary/aromatic N) is 2. The molecule has 1 heterocycles. The Morgan fingerprint density at radius 2 is 2.24 bits per heavy atom. The van der Waals surface area contributed by atoms with Crippen molar-refractivity contribution in [3.63, 3.8) is 0 Å². The Kier molecular flexibility index (Phi) is 3.00. The molecule has 0 saturated heterocycles. The predicted octanol–water partition coefficient (Wildman–Crippen LogP) is 0.775. The molecule has 2 aromatic rings. The van der Waals surface area contributed by atoms with E-state index in [9.17, 15) is 4.79 Å². The van der Waals surface area contributed by atoms with Crippen molar-refractivity contribution >= 4 is 24.9 Å². The van der Waals surface area contributed by atoms with E-state index < -0.39 is 0 Å². The molecule has 5 heteroatoms. The Bertz CT molecular complexity index is 563. The second-order valence-corrected chi connectivity index (χ2v) is 3.92. The van der Waals surface area contributed by atoms with E-state index in [0.29, 0.717) is 11.2 Å². The molecular weight excluding hydrogens is 213 g/mol. The maximum atomic E-state index is 11.9. The third-order valence-corrected chi connectivity index (χ3v) is 2.55. The van der Waals surface area contributed by atoms with E-state index in [4.69, 9.17) is 7.85 Å². The summed E-state index contributed by atoms with van der Waals surface area (Å²) in [4.78, 5) is 15.8. The SMILES string of the molecule is [B]c1ccc(NC(=O)c2cncn2C)c(C)c1. The molecule has 0 atom stereocenters. The molecule has 0 aliphatic rings. The fourth-order valence-electron chi connectivity index (χ4n) is 1.59. The summed E-state index contributed by atoms with van der Waals surface area (Å²) in [5.74, 6) is -0.183. The molecule has 1 aromatic heterocycles. The molecule has 0 aliphatic carbocycles. The van der Waals surface area contributed by atoms with Crippen LogP contribution >= 0.6 is 0 Å². The van der Waals surface area contributed by atoms with Gasteiger partial charge in [0, 0.05) is 12.7 Å². The summed E-state index contributed by atoms with van der Waals surface area (Å²) in [6, 6.07) is 5.36. The van der Waals surface area contributed by atoms with Crippen LogP contribution in [0.2, 0.25) is 0 Å². The van der Waals surface area contributed by atoms with E-state index in [1.165, 1.54) is 6.20 Å². The molecule has 0 bridgehead atoms. The van der Waals surface area contributed by atoms with Crippen LogP contribution in [0.1, 0.15) is 16.1 Å². The monoisotopic (exact) mass is 225 g/mol. The zero-order valence-electron chi connectivity index (χ0n) is 9.77. The lowest BCUT2D eigenvalue weighted by molar-refractivity contribution is 0.101. The number of carbonyl (C=O) groups is 1. The van der Waals surface area contributed by atoms with Crippen LogP contribution in [0, 0.1) is 6.92 Å². The molecule has 1 N–H and O–H groups in total. The molecule has 0 saturated carbocycles.